The Balaban J connectivity index is 1.99. The van der Waals surface area contributed by atoms with Crippen LogP contribution in [0.25, 0.3) is 0 Å². The van der Waals surface area contributed by atoms with E-state index < -0.39 is 30.2 Å². The third-order valence-corrected chi connectivity index (χ3v) is 3.76. The molecule has 4 nitrogen and oxygen atoms in total. The Bertz CT molecular complexity index is 600. The highest BCUT2D eigenvalue weighted by Crippen LogP contribution is 2.41. The van der Waals surface area contributed by atoms with Crippen molar-refractivity contribution >= 4 is 11.9 Å². The van der Waals surface area contributed by atoms with Gasteiger partial charge in [0.2, 0.25) is 0 Å². The summed E-state index contributed by atoms with van der Waals surface area (Å²) in [5.41, 5.74) is 0.164. The standard InChI is InChI=1S/C13H11F3N2O2/c14-13(15,16)7-18-10(19)12(17-11(18)20)6-5-8-3-1-2-4-9(8)12/h1-4H,5-7H2,(H,17,20)/t12-/m0/s1. The first-order chi connectivity index (χ1) is 9.33. The number of nitrogens with one attached hydrogen (secondary N) is 1. The van der Waals surface area contributed by atoms with Crippen LogP contribution in [0.1, 0.15) is 17.5 Å². The van der Waals surface area contributed by atoms with Gasteiger partial charge in [-0.1, -0.05) is 24.3 Å². The minimum absolute atomic E-state index is 0.252. The van der Waals surface area contributed by atoms with Crippen molar-refractivity contribution in [1.29, 1.82) is 0 Å². The predicted molar refractivity (Wildman–Crippen MR) is 62.7 cm³/mol. The van der Waals surface area contributed by atoms with Gasteiger partial charge in [-0.3, -0.25) is 9.69 Å². The number of fused-ring (bicyclic) bond motifs is 2. The number of amides is 3. The van der Waals surface area contributed by atoms with Gasteiger partial charge >= 0.3 is 12.2 Å². The minimum atomic E-state index is -4.60. The average molecular weight is 284 g/mol. The van der Waals surface area contributed by atoms with Crippen molar-refractivity contribution in [3.63, 3.8) is 0 Å². The lowest BCUT2D eigenvalue weighted by Crippen LogP contribution is -2.43. The van der Waals surface area contributed by atoms with Crippen molar-refractivity contribution < 1.29 is 22.8 Å². The summed E-state index contributed by atoms with van der Waals surface area (Å²) < 4.78 is 37.4. The lowest BCUT2D eigenvalue weighted by atomic mass is 9.92. The molecule has 106 valence electrons. The Labute approximate surface area is 112 Å². The first-order valence-corrected chi connectivity index (χ1v) is 6.13. The monoisotopic (exact) mass is 284 g/mol. The molecule has 2 aliphatic rings. The van der Waals surface area contributed by atoms with Crippen LogP contribution in [-0.2, 0) is 16.8 Å². The summed E-state index contributed by atoms with van der Waals surface area (Å²) in [5, 5.41) is 2.45. The van der Waals surface area contributed by atoms with Gasteiger partial charge < -0.3 is 5.32 Å². The summed E-state index contributed by atoms with van der Waals surface area (Å²) in [6.07, 6.45) is -3.75. The molecule has 0 unspecified atom stereocenters. The number of hydrogen-bond acceptors (Lipinski definition) is 2. The normalized spacial score (nSPS) is 25.2. The second-order valence-electron chi connectivity index (χ2n) is 5.00. The van der Waals surface area contributed by atoms with Crippen LogP contribution in [0.3, 0.4) is 0 Å². The van der Waals surface area contributed by atoms with E-state index in [4.69, 9.17) is 0 Å². The molecule has 20 heavy (non-hydrogen) atoms. The summed E-state index contributed by atoms with van der Waals surface area (Å²) >= 11 is 0. The highest BCUT2D eigenvalue weighted by atomic mass is 19.4. The fourth-order valence-corrected chi connectivity index (χ4v) is 2.91. The van der Waals surface area contributed by atoms with Crippen LogP contribution in [0.4, 0.5) is 18.0 Å². The Morgan fingerprint density at radius 1 is 1.25 bits per heavy atom. The number of halogens is 3. The van der Waals surface area contributed by atoms with Crippen molar-refractivity contribution in [3.05, 3.63) is 35.4 Å². The van der Waals surface area contributed by atoms with Crippen LogP contribution in [0.2, 0.25) is 0 Å². The van der Waals surface area contributed by atoms with E-state index in [1.54, 1.807) is 18.2 Å². The molecule has 0 saturated carbocycles. The molecule has 1 aromatic carbocycles. The Morgan fingerprint density at radius 3 is 2.65 bits per heavy atom. The molecule has 1 atom stereocenters. The Kier molecular flexibility index (Phi) is 2.57. The molecule has 1 aromatic rings. The smallest absolute Gasteiger partial charge is 0.319 e. The number of aryl methyl sites for hydroxylation is 1. The number of nitrogens with zero attached hydrogens (tertiary/aromatic N) is 1. The van der Waals surface area contributed by atoms with E-state index >= 15 is 0 Å². The maximum absolute atomic E-state index is 12.5. The van der Waals surface area contributed by atoms with Crippen molar-refractivity contribution in [2.24, 2.45) is 0 Å². The molecular formula is C13H11F3N2O2. The van der Waals surface area contributed by atoms with Gasteiger partial charge in [-0.05, 0) is 24.0 Å². The predicted octanol–water partition coefficient (Wildman–Crippen LogP) is 1.94. The van der Waals surface area contributed by atoms with Crippen LogP contribution in [-0.4, -0.2) is 29.6 Å². The second kappa shape index (κ2) is 3.97. The zero-order valence-electron chi connectivity index (χ0n) is 10.3. The van der Waals surface area contributed by atoms with Crippen LogP contribution in [0.5, 0.6) is 0 Å². The van der Waals surface area contributed by atoms with Crippen molar-refractivity contribution in [1.82, 2.24) is 10.2 Å². The average Bonchev–Trinajstić information content (AvgIpc) is 2.84. The molecule has 3 rings (SSSR count). The quantitative estimate of drug-likeness (QED) is 0.801. The van der Waals surface area contributed by atoms with Gasteiger partial charge in [0.15, 0.2) is 0 Å². The molecule has 3 amide bonds. The van der Waals surface area contributed by atoms with E-state index in [1.807, 2.05) is 6.07 Å². The second-order valence-corrected chi connectivity index (χ2v) is 5.00. The fraction of sp³-hybridized carbons (Fsp3) is 0.385. The third kappa shape index (κ3) is 1.76. The summed E-state index contributed by atoms with van der Waals surface area (Å²) in [6.45, 7) is -1.55. The SMILES string of the molecule is O=C1N[C@]2(CCc3ccccc32)C(=O)N1CC(F)(F)F. The van der Waals surface area contributed by atoms with Crippen molar-refractivity contribution in [2.75, 3.05) is 6.54 Å². The molecule has 1 aliphatic carbocycles. The zero-order valence-corrected chi connectivity index (χ0v) is 10.3. The number of carbonyl (C=O) groups excluding carboxylic acids is 2. The molecule has 0 radical (unpaired) electrons. The number of hydrogen-bond donors (Lipinski definition) is 1. The molecule has 1 heterocycles. The number of rotatable bonds is 1. The first kappa shape index (κ1) is 13.0. The molecule has 1 spiro atoms. The topological polar surface area (TPSA) is 49.4 Å². The lowest BCUT2D eigenvalue weighted by molar-refractivity contribution is -0.155. The molecule has 1 fully saturated rings. The van der Waals surface area contributed by atoms with Gasteiger partial charge in [0, 0.05) is 0 Å². The van der Waals surface area contributed by atoms with Crippen LogP contribution < -0.4 is 5.32 Å². The number of carbonyl (C=O) groups is 2. The number of urea groups is 1. The van der Waals surface area contributed by atoms with Gasteiger partial charge in [0.1, 0.15) is 12.1 Å². The first-order valence-electron chi connectivity index (χ1n) is 6.13. The van der Waals surface area contributed by atoms with Gasteiger partial charge in [0.25, 0.3) is 5.91 Å². The van der Waals surface area contributed by atoms with E-state index in [0.29, 0.717) is 18.4 Å². The largest absolute Gasteiger partial charge is 0.406 e. The summed E-state index contributed by atoms with van der Waals surface area (Å²) in [7, 11) is 0. The van der Waals surface area contributed by atoms with E-state index in [9.17, 15) is 22.8 Å². The molecular weight excluding hydrogens is 273 g/mol. The van der Waals surface area contributed by atoms with Gasteiger partial charge in [0.05, 0.1) is 0 Å². The summed E-state index contributed by atoms with van der Waals surface area (Å²) in [4.78, 5) is 24.3. The van der Waals surface area contributed by atoms with Crippen molar-refractivity contribution in [3.8, 4) is 0 Å². The molecule has 1 saturated heterocycles. The minimum Gasteiger partial charge on any atom is -0.319 e. The zero-order chi connectivity index (χ0) is 14.5. The Morgan fingerprint density at radius 2 is 1.95 bits per heavy atom. The summed E-state index contributed by atoms with van der Waals surface area (Å²) in [5.74, 6) is -0.815. The van der Waals surface area contributed by atoms with Gasteiger partial charge in [-0.2, -0.15) is 13.2 Å². The van der Waals surface area contributed by atoms with E-state index in [2.05, 4.69) is 5.32 Å². The van der Waals surface area contributed by atoms with Gasteiger partial charge in [-0.25, -0.2) is 4.79 Å². The van der Waals surface area contributed by atoms with Crippen LogP contribution >= 0.6 is 0 Å². The van der Waals surface area contributed by atoms with Gasteiger partial charge in [-0.15, -0.1) is 0 Å². The number of benzene rings is 1. The summed E-state index contributed by atoms with van der Waals surface area (Å²) in [6, 6.07) is 6.02. The number of alkyl halides is 3. The lowest BCUT2D eigenvalue weighted by Gasteiger charge is -2.22. The molecule has 0 bridgehead atoms. The van der Waals surface area contributed by atoms with Crippen LogP contribution in [0, 0.1) is 0 Å². The van der Waals surface area contributed by atoms with E-state index in [1.165, 1.54) is 0 Å². The highest BCUT2D eigenvalue weighted by molar-refractivity contribution is 6.08. The molecule has 7 heteroatoms. The van der Waals surface area contributed by atoms with Crippen LogP contribution in [0.15, 0.2) is 24.3 Å². The molecule has 1 N–H and O–H groups in total. The van der Waals surface area contributed by atoms with Crippen molar-refractivity contribution in [2.45, 2.75) is 24.6 Å². The highest BCUT2D eigenvalue weighted by Gasteiger charge is 2.56. The van der Waals surface area contributed by atoms with E-state index in [-0.39, 0.29) is 4.90 Å². The molecule has 1 aliphatic heterocycles. The molecule has 0 aromatic heterocycles. The fourth-order valence-electron chi connectivity index (χ4n) is 2.91. The third-order valence-electron chi connectivity index (χ3n) is 3.76. The maximum Gasteiger partial charge on any atom is 0.406 e. The van der Waals surface area contributed by atoms with E-state index in [0.717, 1.165) is 5.56 Å². The number of imide groups is 1. The Hall–Kier alpha value is -2.05. The maximum atomic E-state index is 12.5.